The Labute approximate surface area is 98.3 Å². The van der Waals surface area contributed by atoms with Gasteiger partial charge in [-0.3, -0.25) is 0 Å². The molecule has 0 amide bonds. The van der Waals surface area contributed by atoms with E-state index in [0.717, 1.165) is 5.56 Å². The average Bonchev–Trinajstić information content (AvgIpc) is 2.28. The summed E-state index contributed by atoms with van der Waals surface area (Å²) in [5.41, 5.74) is 2.16. The fraction of sp³-hybridized carbons (Fsp3) is 0.0714. The van der Waals surface area contributed by atoms with E-state index in [2.05, 4.69) is 0 Å². The van der Waals surface area contributed by atoms with E-state index in [4.69, 9.17) is 5.11 Å². The molecule has 0 bridgehead atoms. The van der Waals surface area contributed by atoms with Crippen LogP contribution in [0.2, 0.25) is 0 Å². The Kier molecular flexibility index (Phi) is 2.91. The molecule has 2 rings (SSSR count). The third-order valence-electron chi connectivity index (χ3n) is 2.54. The van der Waals surface area contributed by atoms with Gasteiger partial charge in [-0.25, -0.2) is 9.18 Å². The van der Waals surface area contributed by atoms with Crippen molar-refractivity contribution in [2.24, 2.45) is 0 Å². The number of hydrogen-bond acceptors (Lipinski definition) is 1. The molecular formula is C14H11FO2. The van der Waals surface area contributed by atoms with Gasteiger partial charge in [-0.05, 0) is 36.2 Å². The number of aryl methyl sites for hydroxylation is 1. The van der Waals surface area contributed by atoms with Crippen molar-refractivity contribution in [2.75, 3.05) is 0 Å². The van der Waals surface area contributed by atoms with Crippen LogP contribution in [0.15, 0.2) is 42.5 Å². The zero-order valence-electron chi connectivity index (χ0n) is 9.27. The maximum atomic E-state index is 13.1. The number of carbonyl (C=O) groups is 1. The molecule has 0 aliphatic rings. The molecular weight excluding hydrogens is 219 g/mol. The van der Waals surface area contributed by atoms with Gasteiger partial charge >= 0.3 is 5.97 Å². The van der Waals surface area contributed by atoms with Crippen LogP contribution in [0.1, 0.15) is 15.9 Å². The minimum atomic E-state index is -1.01. The molecule has 0 saturated carbocycles. The second kappa shape index (κ2) is 4.37. The van der Waals surface area contributed by atoms with Crippen molar-refractivity contribution < 1.29 is 14.3 Å². The number of benzene rings is 2. The molecule has 0 heterocycles. The van der Waals surface area contributed by atoms with Gasteiger partial charge in [-0.2, -0.15) is 0 Å². The maximum absolute atomic E-state index is 13.1. The standard InChI is InChI=1S/C14H11FO2/c1-9-5-6-12(13(7-9)14(16)17)10-3-2-4-11(15)8-10/h2-8H,1H3,(H,16,17). The number of carboxylic acid groups (broad SMARTS) is 1. The average molecular weight is 230 g/mol. The van der Waals surface area contributed by atoms with Crippen LogP contribution in [-0.4, -0.2) is 11.1 Å². The molecule has 1 N–H and O–H groups in total. The van der Waals surface area contributed by atoms with Crippen LogP contribution in [0.3, 0.4) is 0 Å². The van der Waals surface area contributed by atoms with Crippen LogP contribution in [-0.2, 0) is 0 Å². The number of halogens is 1. The summed E-state index contributed by atoms with van der Waals surface area (Å²) < 4.78 is 13.1. The van der Waals surface area contributed by atoms with E-state index in [1.54, 1.807) is 24.3 Å². The van der Waals surface area contributed by atoms with Gasteiger partial charge in [0.15, 0.2) is 0 Å². The van der Waals surface area contributed by atoms with Crippen LogP contribution in [0.5, 0.6) is 0 Å². The molecule has 17 heavy (non-hydrogen) atoms. The minimum absolute atomic E-state index is 0.190. The summed E-state index contributed by atoms with van der Waals surface area (Å²) in [5, 5.41) is 9.13. The fourth-order valence-corrected chi connectivity index (χ4v) is 1.74. The highest BCUT2D eigenvalue weighted by Crippen LogP contribution is 2.25. The van der Waals surface area contributed by atoms with Crippen molar-refractivity contribution in [3.8, 4) is 11.1 Å². The SMILES string of the molecule is Cc1ccc(-c2cccc(F)c2)c(C(=O)O)c1. The molecule has 0 aliphatic carbocycles. The first-order chi connectivity index (χ1) is 8.08. The molecule has 0 saturated heterocycles. The van der Waals surface area contributed by atoms with Gasteiger partial charge in [-0.1, -0.05) is 29.8 Å². The van der Waals surface area contributed by atoms with E-state index in [-0.39, 0.29) is 11.4 Å². The number of carboxylic acids is 1. The Hall–Kier alpha value is -2.16. The van der Waals surface area contributed by atoms with Gasteiger partial charge in [0, 0.05) is 0 Å². The Morgan fingerprint density at radius 3 is 2.59 bits per heavy atom. The summed E-state index contributed by atoms with van der Waals surface area (Å²) >= 11 is 0. The lowest BCUT2D eigenvalue weighted by Gasteiger charge is -2.07. The highest BCUT2D eigenvalue weighted by Gasteiger charge is 2.12. The van der Waals surface area contributed by atoms with Crippen molar-refractivity contribution in [1.82, 2.24) is 0 Å². The van der Waals surface area contributed by atoms with Gasteiger partial charge in [0.25, 0.3) is 0 Å². The van der Waals surface area contributed by atoms with Crippen molar-refractivity contribution in [3.05, 3.63) is 59.4 Å². The van der Waals surface area contributed by atoms with Crippen LogP contribution >= 0.6 is 0 Å². The van der Waals surface area contributed by atoms with Crippen LogP contribution in [0.25, 0.3) is 11.1 Å². The van der Waals surface area contributed by atoms with Crippen LogP contribution in [0.4, 0.5) is 4.39 Å². The first-order valence-corrected chi connectivity index (χ1v) is 5.18. The summed E-state index contributed by atoms with van der Waals surface area (Å²) in [6.45, 7) is 1.82. The smallest absolute Gasteiger partial charge is 0.336 e. The molecule has 0 radical (unpaired) electrons. The predicted molar refractivity (Wildman–Crippen MR) is 63.5 cm³/mol. The summed E-state index contributed by atoms with van der Waals surface area (Å²) in [4.78, 5) is 11.1. The molecule has 0 atom stereocenters. The minimum Gasteiger partial charge on any atom is -0.478 e. The normalized spacial score (nSPS) is 10.2. The van der Waals surface area contributed by atoms with Crippen molar-refractivity contribution in [3.63, 3.8) is 0 Å². The summed E-state index contributed by atoms with van der Waals surface area (Å²) in [6.07, 6.45) is 0. The van der Waals surface area contributed by atoms with Gasteiger partial charge in [0.1, 0.15) is 5.82 Å². The topological polar surface area (TPSA) is 37.3 Å². The van der Waals surface area contributed by atoms with Gasteiger partial charge < -0.3 is 5.11 Å². The van der Waals surface area contributed by atoms with E-state index in [1.807, 2.05) is 13.0 Å². The monoisotopic (exact) mass is 230 g/mol. The lowest BCUT2D eigenvalue weighted by Crippen LogP contribution is -2.00. The Bertz CT molecular complexity index is 576. The Morgan fingerprint density at radius 1 is 1.18 bits per heavy atom. The van der Waals surface area contributed by atoms with Crippen molar-refractivity contribution in [1.29, 1.82) is 0 Å². The lowest BCUT2D eigenvalue weighted by atomic mass is 9.98. The molecule has 2 nitrogen and oxygen atoms in total. The van der Waals surface area contributed by atoms with Gasteiger partial charge in [0.2, 0.25) is 0 Å². The molecule has 0 fully saturated rings. The Morgan fingerprint density at radius 2 is 1.94 bits per heavy atom. The van der Waals surface area contributed by atoms with E-state index in [0.29, 0.717) is 11.1 Å². The van der Waals surface area contributed by atoms with Crippen LogP contribution in [0, 0.1) is 12.7 Å². The maximum Gasteiger partial charge on any atom is 0.336 e. The fourth-order valence-electron chi connectivity index (χ4n) is 1.74. The second-order valence-electron chi connectivity index (χ2n) is 3.86. The molecule has 2 aromatic rings. The number of aromatic carboxylic acids is 1. The zero-order valence-corrected chi connectivity index (χ0v) is 9.27. The van der Waals surface area contributed by atoms with Crippen molar-refractivity contribution >= 4 is 5.97 Å². The summed E-state index contributed by atoms with van der Waals surface area (Å²) in [6, 6.07) is 11.0. The predicted octanol–water partition coefficient (Wildman–Crippen LogP) is 3.50. The number of rotatable bonds is 2. The molecule has 0 spiro atoms. The summed E-state index contributed by atoms with van der Waals surface area (Å²) in [5.74, 6) is -1.38. The van der Waals surface area contributed by atoms with E-state index in [1.165, 1.54) is 12.1 Å². The largest absolute Gasteiger partial charge is 0.478 e. The first kappa shape index (κ1) is 11.3. The quantitative estimate of drug-likeness (QED) is 0.857. The molecule has 3 heteroatoms. The third kappa shape index (κ3) is 2.33. The molecule has 0 unspecified atom stereocenters. The number of hydrogen-bond donors (Lipinski definition) is 1. The van der Waals surface area contributed by atoms with Crippen molar-refractivity contribution in [2.45, 2.75) is 6.92 Å². The highest BCUT2D eigenvalue weighted by atomic mass is 19.1. The van der Waals surface area contributed by atoms with Gasteiger partial charge in [0.05, 0.1) is 5.56 Å². The second-order valence-corrected chi connectivity index (χ2v) is 3.86. The van der Waals surface area contributed by atoms with E-state index < -0.39 is 5.97 Å². The highest BCUT2D eigenvalue weighted by molar-refractivity contribution is 5.96. The lowest BCUT2D eigenvalue weighted by molar-refractivity contribution is 0.0697. The Balaban J connectivity index is 2.63. The third-order valence-corrected chi connectivity index (χ3v) is 2.54. The zero-order chi connectivity index (χ0) is 12.4. The molecule has 0 aliphatic heterocycles. The van der Waals surface area contributed by atoms with E-state index >= 15 is 0 Å². The molecule has 0 aromatic heterocycles. The first-order valence-electron chi connectivity index (χ1n) is 5.18. The summed E-state index contributed by atoms with van der Waals surface area (Å²) in [7, 11) is 0. The van der Waals surface area contributed by atoms with Gasteiger partial charge in [-0.15, -0.1) is 0 Å². The molecule has 86 valence electrons. The van der Waals surface area contributed by atoms with Crippen LogP contribution < -0.4 is 0 Å². The van der Waals surface area contributed by atoms with E-state index in [9.17, 15) is 9.18 Å². The molecule has 2 aromatic carbocycles.